The van der Waals surface area contributed by atoms with Gasteiger partial charge in [0.1, 0.15) is 6.09 Å². The van der Waals surface area contributed by atoms with E-state index in [4.69, 9.17) is 0 Å². The van der Waals surface area contributed by atoms with Gasteiger partial charge in [-0.05, 0) is 0 Å². The summed E-state index contributed by atoms with van der Waals surface area (Å²) in [5.74, 6) is -6.34. The Hall–Kier alpha value is -2.93. The molecule has 0 N–H and O–H groups in total. The van der Waals surface area contributed by atoms with E-state index in [9.17, 15) is 49.5 Å². The quantitative estimate of drug-likeness (QED) is 0.277. The van der Waals surface area contributed by atoms with E-state index in [1.54, 1.807) is 0 Å². The number of hydrogen-bond acceptors (Lipinski definition) is 12. The minimum Gasteiger partial charge on any atom is -0.549 e. The third-order valence-electron chi connectivity index (χ3n) is 3.05. The second-order valence-corrected chi connectivity index (χ2v) is 5.16. The van der Waals surface area contributed by atoms with E-state index in [-0.39, 0.29) is 19.6 Å². The molecule has 0 heterocycles. The molecule has 0 aliphatic heterocycles. The highest BCUT2D eigenvalue weighted by Gasteiger charge is 2.13. The van der Waals surface area contributed by atoms with Crippen molar-refractivity contribution in [3.05, 3.63) is 0 Å². The predicted octanol–water partition coefficient (Wildman–Crippen LogP) is -8.76. The first-order chi connectivity index (χ1) is 12.0. The minimum atomic E-state index is -1.81. The number of nitrogens with zero attached hydrogens (tertiary/aromatic N) is 3. The maximum atomic E-state index is 10.8. The smallest absolute Gasteiger partial charge is 0.137 e. The molecular weight excluding hydrogens is 358 g/mol. The average molecular weight is 374 g/mol. The normalized spacial score (nSPS) is 10.7. The van der Waals surface area contributed by atoms with Crippen molar-refractivity contribution in [2.24, 2.45) is 0 Å². The molecule has 0 aliphatic rings. The van der Waals surface area contributed by atoms with E-state index in [0.29, 0.717) is 4.90 Å². The largest absolute Gasteiger partial charge is 0.549 e. The third-order valence-corrected chi connectivity index (χ3v) is 3.05. The van der Waals surface area contributed by atoms with Crippen LogP contribution in [0, 0.1) is 0 Å². The summed E-state index contributed by atoms with van der Waals surface area (Å²) in [6.45, 7) is -4.27. The molecule has 0 spiro atoms. The molecule has 0 unspecified atom stereocenters. The lowest BCUT2D eigenvalue weighted by atomic mass is 10.3. The molecule has 0 atom stereocenters. The van der Waals surface area contributed by atoms with Gasteiger partial charge in [-0.25, -0.2) is 0 Å². The zero-order valence-electron chi connectivity index (χ0n) is 13.6. The van der Waals surface area contributed by atoms with Gasteiger partial charge in [-0.3, -0.25) is 9.80 Å². The molecule has 0 aromatic carbocycles. The fourth-order valence-electron chi connectivity index (χ4n) is 1.97. The van der Waals surface area contributed by atoms with Gasteiger partial charge in [-0.2, -0.15) is 0 Å². The summed E-state index contributed by atoms with van der Waals surface area (Å²) < 4.78 is 0. The Morgan fingerprint density at radius 2 is 0.846 bits per heavy atom. The van der Waals surface area contributed by atoms with Crippen LogP contribution in [-0.2, 0) is 19.2 Å². The van der Waals surface area contributed by atoms with Crippen LogP contribution in [-0.4, -0.2) is 97.0 Å². The highest BCUT2D eigenvalue weighted by Crippen LogP contribution is 1.95. The number of carboxylic acid groups (broad SMARTS) is 5. The topological polar surface area (TPSA) is 210 Å². The van der Waals surface area contributed by atoms with E-state index in [2.05, 4.69) is 0 Å². The minimum absolute atomic E-state index is 0.180. The summed E-state index contributed by atoms with van der Waals surface area (Å²) in [4.78, 5) is 55.6. The van der Waals surface area contributed by atoms with Crippen molar-refractivity contribution in [1.82, 2.24) is 14.7 Å². The first-order valence-corrected chi connectivity index (χ1v) is 7.21. The third kappa shape index (κ3) is 11.6. The highest BCUT2D eigenvalue weighted by molar-refractivity contribution is 5.73. The Morgan fingerprint density at radius 3 is 1.23 bits per heavy atom. The van der Waals surface area contributed by atoms with Crippen molar-refractivity contribution < 1.29 is 49.5 Å². The van der Waals surface area contributed by atoms with E-state index in [1.807, 2.05) is 0 Å². The van der Waals surface area contributed by atoms with Gasteiger partial charge in [-0.15, -0.1) is 0 Å². The lowest BCUT2D eigenvalue weighted by Gasteiger charge is -2.31. The maximum absolute atomic E-state index is 10.8. The Morgan fingerprint density at radius 1 is 0.500 bits per heavy atom. The highest BCUT2D eigenvalue weighted by atomic mass is 16.4. The first kappa shape index (κ1) is 23.1. The molecule has 0 aliphatic carbocycles. The summed E-state index contributed by atoms with van der Waals surface area (Å²) in [7, 11) is 0. The molecular formula is C13H16N3O10-5. The molecule has 148 valence electrons. The number of rotatable bonds is 14. The summed E-state index contributed by atoms with van der Waals surface area (Å²) >= 11 is 0. The van der Waals surface area contributed by atoms with E-state index in [0.717, 1.165) is 9.80 Å². The van der Waals surface area contributed by atoms with Crippen molar-refractivity contribution in [2.75, 3.05) is 52.4 Å². The van der Waals surface area contributed by atoms with Crippen LogP contribution in [0.25, 0.3) is 0 Å². The van der Waals surface area contributed by atoms with E-state index < -0.39 is 62.7 Å². The van der Waals surface area contributed by atoms with E-state index in [1.165, 1.54) is 0 Å². The van der Waals surface area contributed by atoms with Crippen LogP contribution in [0.5, 0.6) is 0 Å². The van der Waals surface area contributed by atoms with E-state index >= 15 is 0 Å². The summed E-state index contributed by atoms with van der Waals surface area (Å²) in [6, 6.07) is 0. The molecule has 0 aromatic rings. The standard InChI is InChI=1S/C13H21N3O10/c17-9(18)5-14(3-4-16(13(25)26)8-12(23)24)1-2-15(6-10(19)20)7-11(21)22/h1-8H2,(H,17,18)(H,19,20)(H,21,22)(H,23,24)(H,25,26)/p-5. The van der Waals surface area contributed by atoms with Gasteiger partial charge in [0, 0.05) is 45.8 Å². The lowest BCUT2D eigenvalue weighted by molar-refractivity contribution is -0.311. The second kappa shape index (κ2) is 11.6. The van der Waals surface area contributed by atoms with Gasteiger partial charge in [0.05, 0.1) is 30.4 Å². The predicted molar refractivity (Wildman–Crippen MR) is 69.9 cm³/mol. The zero-order valence-corrected chi connectivity index (χ0v) is 13.6. The summed E-state index contributed by atoms with van der Waals surface area (Å²) in [5, 5.41) is 53.2. The van der Waals surface area contributed by atoms with Crippen molar-refractivity contribution >= 4 is 30.0 Å². The average Bonchev–Trinajstić information content (AvgIpc) is 2.45. The van der Waals surface area contributed by atoms with Gasteiger partial charge in [0.25, 0.3) is 0 Å². The van der Waals surface area contributed by atoms with Crippen molar-refractivity contribution in [3.8, 4) is 0 Å². The summed E-state index contributed by atoms with van der Waals surface area (Å²) in [6.07, 6.45) is -1.81. The van der Waals surface area contributed by atoms with Crippen LogP contribution in [0.15, 0.2) is 0 Å². The monoisotopic (exact) mass is 374 g/mol. The van der Waals surface area contributed by atoms with Crippen LogP contribution in [0.3, 0.4) is 0 Å². The molecule has 1 amide bonds. The molecule has 26 heavy (non-hydrogen) atoms. The molecule has 0 rings (SSSR count). The van der Waals surface area contributed by atoms with Crippen LogP contribution in [0.2, 0.25) is 0 Å². The molecule has 0 bridgehead atoms. The molecule has 0 saturated heterocycles. The van der Waals surface area contributed by atoms with Gasteiger partial charge < -0.3 is 54.4 Å². The Balaban J connectivity index is 4.82. The number of amides is 1. The van der Waals surface area contributed by atoms with Gasteiger partial charge >= 0.3 is 0 Å². The van der Waals surface area contributed by atoms with Crippen LogP contribution in [0.1, 0.15) is 0 Å². The number of carboxylic acids is 4. The fraction of sp³-hybridized carbons (Fsp3) is 0.615. The lowest BCUT2D eigenvalue weighted by Crippen LogP contribution is -2.52. The molecule has 0 saturated carbocycles. The van der Waals surface area contributed by atoms with Crippen molar-refractivity contribution in [1.29, 1.82) is 0 Å². The molecule has 0 aromatic heterocycles. The Bertz CT molecular complexity index is 522. The van der Waals surface area contributed by atoms with Gasteiger partial charge in [0.2, 0.25) is 0 Å². The molecule has 0 fully saturated rings. The fourth-order valence-corrected chi connectivity index (χ4v) is 1.97. The van der Waals surface area contributed by atoms with Crippen LogP contribution < -0.4 is 25.5 Å². The number of carbonyl (C=O) groups excluding carboxylic acids is 5. The first-order valence-electron chi connectivity index (χ1n) is 7.21. The molecule has 13 nitrogen and oxygen atoms in total. The molecule has 0 radical (unpaired) electrons. The number of aliphatic carboxylic acids is 4. The zero-order chi connectivity index (χ0) is 20.3. The number of hydrogen-bond donors (Lipinski definition) is 0. The molecule has 13 heteroatoms. The Labute approximate surface area is 147 Å². The van der Waals surface area contributed by atoms with Gasteiger partial charge in [-0.1, -0.05) is 0 Å². The van der Waals surface area contributed by atoms with Gasteiger partial charge in [0.15, 0.2) is 0 Å². The second-order valence-electron chi connectivity index (χ2n) is 5.16. The number of carbonyl (C=O) groups is 5. The Kier molecular flexibility index (Phi) is 10.3. The van der Waals surface area contributed by atoms with Crippen molar-refractivity contribution in [3.63, 3.8) is 0 Å². The maximum Gasteiger partial charge on any atom is 0.137 e. The van der Waals surface area contributed by atoms with Crippen LogP contribution in [0.4, 0.5) is 4.79 Å². The SMILES string of the molecule is O=C([O-])CN(CCN(CC(=O)[O-])CC(=O)[O-])CCN(CC(=O)[O-])C(=O)[O-]. The van der Waals surface area contributed by atoms with Crippen LogP contribution >= 0.6 is 0 Å². The summed E-state index contributed by atoms with van der Waals surface area (Å²) in [5.41, 5.74) is 0. The van der Waals surface area contributed by atoms with Crippen molar-refractivity contribution in [2.45, 2.75) is 0 Å².